The zero-order valence-electron chi connectivity index (χ0n) is 20.0. The van der Waals surface area contributed by atoms with E-state index in [1.165, 1.54) is 46.7 Å². The van der Waals surface area contributed by atoms with Crippen LogP contribution in [0.4, 0.5) is 26.3 Å². The first-order chi connectivity index (χ1) is 18.7. The molecule has 1 aliphatic rings. The number of carbonyl (C=O) groups is 2. The van der Waals surface area contributed by atoms with Crippen LogP contribution in [-0.2, 0) is 17.1 Å². The van der Waals surface area contributed by atoms with Gasteiger partial charge in [0.2, 0.25) is 0 Å². The molecule has 210 valence electrons. The summed E-state index contributed by atoms with van der Waals surface area (Å²) in [5.41, 5.74) is -2.80. The number of benzene rings is 2. The average molecular weight is 618 g/mol. The molecule has 1 fully saturated rings. The van der Waals surface area contributed by atoms with Crippen molar-refractivity contribution < 1.29 is 45.8 Å². The summed E-state index contributed by atoms with van der Waals surface area (Å²) in [6, 6.07) is 8.64. The van der Waals surface area contributed by atoms with Crippen molar-refractivity contribution in [3.05, 3.63) is 80.4 Å². The van der Waals surface area contributed by atoms with Crippen LogP contribution in [0.2, 0.25) is 0 Å². The molecule has 2 aromatic carbocycles. The first kappa shape index (κ1) is 29.6. The number of carboxylic acid groups (broad SMARTS) is 1. The number of amides is 1. The van der Waals surface area contributed by atoms with Crippen molar-refractivity contribution in [1.29, 1.82) is 0 Å². The molecule has 1 N–H and O–H groups in total. The number of alkyl halides is 6. The van der Waals surface area contributed by atoms with Crippen LogP contribution in [0.5, 0.6) is 5.75 Å². The van der Waals surface area contributed by atoms with Gasteiger partial charge in [-0.2, -0.15) is 26.3 Å². The number of nitrogens with zero attached hydrogens (tertiary/aromatic N) is 1. The number of aromatic carboxylic acids is 1. The first-order valence-electron chi connectivity index (χ1n) is 11.3. The van der Waals surface area contributed by atoms with Crippen molar-refractivity contribution in [3.63, 3.8) is 0 Å². The fourth-order valence-electron chi connectivity index (χ4n) is 3.63. The number of thiocarbonyl (C=S) groups is 1. The molecule has 0 spiro atoms. The Labute approximate surface area is 237 Å². The molecule has 2 heterocycles. The van der Waals surface area contributed by atoms with E-state index in [-0.39, 0.29) is 46.7 Å². The van der Waals surface area contributed by atoms with Gasteiger partial charge in [0, 0.05) is 11.4 Å². The number of thioether (sulfide) groups is 1. The van der Waals surface area contributed by atoms with E-state index in [4.69, 9.17) is 22.1 Å². The number of thiophene rings is 1. The van der Waals surface area contributed by atoms with Crippen LogP contribution in [0.25, 0.3) is 17.2 Å². The number of hydrogen-bond donors (Lipinski definition) is 1. The molecule has 0 radical (unpaired) electrons. The lowest BCUT2D eigenvalue weighted by atomic mass is 10.0. The summed E-state index contributed by atoms with van der Waals surface area (Å²) in [6.45, 7) is 0.475. The van der Waals surface area contributed by atoms with Crippen LogP contribution in [0, 0.1) is 0 Å². The molecular formula is C26H17F6NO4S3. The van der Waals surface area contributed by atoms with E-state index in [9.17, 15) is 35.9 Å². The maximum atomic E-state index is 13.2. The normalized spacial score (nSPS) is 15.2. The highest BCUT2D eigenvalue weighted by Gasteiger charge is 2.37. The van der Waals surface area contributed by atoms with Gasteiger partial charge in [-0.3, -0.25) is 9.69 Å². The standard InChI is InChI=1S/C26H17F6NO4S3/c27-25(28,29)17-8-15(9-18(11-17)26(30,31)32)16-10-20(39-13-16)12-21-22(34)33(24(38)40-21)6-1-7-37-19-4-2-14(3-5-19)23(35)36/h2-5,8-13H,1,6-7H2,(H,35,36)/b21-12-. The number of rotatable bonds is 8. The summed E-state index contributed by atoms with van der Waals surface area (Å²) in [7, 11) is 0. The number of halogens is 6. The van der Waals surface area contributed by atoms with Gasteiger partial charge in [-0.15, -0.1) is 11.3 Å². The average Bonchev–Trinajstić information content (AvgIpc) is 3.45. The Balaban J connectivity index is 1.42. The maximum absolute atomic E-state index is 13.2. The van der Waals surface area contributed by atoms with Crippen molar-refractivity contribution in [3.8, 4) is 16.9 Å². The van der Waals surface area contributed by atoms with Crippen molar-refractivity contribution in [1.82, 2.24) is 4.90 Å². The second-order valence-electron chi connectivity index (χ2n) is 8.40. The first-order valence-corrected chi connectivity index (χ1v) is 13.4. The third kappa shape index (κ3) is 7.04. The van der Waals surface area contributed by atoms with Gasteiger partial charge in [0.1, 0.15) is 10.1 Å². The van der Waals surface area contributed by atoms with Gasteiger partial charge >= 0.3 is 18.3 Å². The topological polar surface area (TPSA) is 66.8 Å². The van der Waals surface area contributed by atoms with Crippen LogP contribution in [0.15, 0.2) is 58.8 Å². The van der Waals surface area contributed by atoms with Crippen LogP contribution in [0.1, 0.15) is 32.8 Å². The molecule has 0 saturated carbocycles. The number of hydrogen-bond acceptors (Lipinski definition) is 6. The Bertz CT molecular complexity index is 1450. The van der Waals surface area contributed by atoms with Gasteiger partial charge in [0.05, 0.1) is 28.2 Å². The number of ether oxygens (including phenoxy) is 1. The summed E-state index contributed by atoms with van der Waals surface area (Å²) in [6.07, 6.45) is -8.01. The Hall–Kier alpha value is -3.36. The lowest BCUT2D eigenvalue weighted by Gasteiger charge is -2.14. The molecule has 1 aliphatic heterocycles. The van der Waals surface area contributed by atoms with Crippen LogP contribution in [0.3, 0.4) is 0 Å². The third-order valence-electron chi connectivity index (χ3n) is 5.58. The van der Waals surface area contributed by atoms with E-state index in [2.05, 4.69) is 0 Å². The summed E-state index contributed by atoms with van der Waals surface area (Å²) in [5.74, 6) is -0.972. The van der Waals surface area contributed by atoms with Crippen molar-refractivity contribution in [2.45, 2.75) is 18.8 Å². The monoisotopic (exact) mass is 617 g/mol. The van der Waals surface area contributed by atoms with E-state index >= 15 is 0 Å². The highest BCUT2D eigenvalue weighted by atomic mass is 32.2. The minimum Gasteiger partial charge on any atom is -0.494 e. The fourth-order valence-corrected chi connectivity index (χ4v) is 5.85. The predicted octanol–water partition coefficient (Wildman–Crippen LogP) is 7.82. The molecular weight excluding hydrogens is 600 g/mol. The van der Waals surface area contributed by atoms with Gasteiger partial charge in [-0.05, 0) is 77.5 Å². The fraction of sp³-hybridized carbons (Fsp3) is 0.192. The molecule has 1 saturated heterocycles. The Morgan fingerprint density at radius 3 is 2.17 bits per heavy atom. The molecule has 1 aromatic heterocycles. The highest BCUT2D eigenvalue weighted by Crippen LogP contribution is 2.40. The number of carbonyl (C=O) groups excluding carboxylic acids is 1. The molecule has 0 atom stereocenters. The van der Waals surface area contributed by atoms with Gasteiger partial charge in [-0.1, -0.05) is 24.0 Å². The van der Waals surface area contributed by atoms with E-state index < -0.39 is 29.4 Å². The van der Waals surface area contributed by atoms with E-state index in [0.717, 1.165) is 23.1 Å². The minimum atomic E-state index is -4.96. The Kier molecular flexibility index (Phi) is 8.61. The number of carboxylic acids is 1. The molecule has 14 heteroatoms. The largest absolute Gasteiger partial charge is 0.494 e. The van der Waals surface area contributed by atoms with Crippen LogP contribution >= 0.6 is 35.3 Å². The molecule has 0 aliphatic carbocycles. The van der Waals surface area contributed by atoms with E-state index in [1.807, 2.05) is 0 Å². The molecule has 40 heavy (non-hydrogen) atoms. The SMILES string of the molecule is O=C(O)c1ccc(OCCCN2C(=O)/C(=C/c3cc(-c4cc(C(F)(F)F)cc(C(F)(F)F)c4)cs3)SC2=S)cc1. The zero-order chi connectivity index (χ0) is 29.2. The summed E-state index contributed by atoms with van der Waals surface area (Å²) < 4.78 is 85.2. The molecule has 3 aromatic rings. The van der Waals surface area contributed by atoms with Gasteiger partial charge in [0.25, 0.3) is 5.91 Å². The third-order valence-corrected chi connectivity index (χ3v) is 7.84. The zero-order valence-corrected chi connectivity index (χ0v) is 22.5. The maximum Gasteiger partial charge on any atom is 0.416 e. The van der Waals surface area contributed by atoms with E-state index in [1.54, 1.807) is 0 Å². The van der Waals surface area contributed by atoms with Gasteiger partial charge in [-0.25, -0.2) is 4.79 Å². The second kappa shape index (κ2) is 11.6. The smallest absolute Gasteiger partial charge is 0.416 e. The molecule has 1 amide bonds. The minimum absolute atomic E-state index is 0.0716. The van der Waals surface area contributed by atoms with Crippen molar-refractivity contribution >= 4 is 57.6 Å². The molecule has 4 rings (SSSR count). The summed E-state index contributed by atoms with van der Waals surface area (Å²) in [4.78, 5) is 25.9. The van der Waals surface area contributed by atoms with Crippen LogP contribution in [-0.4, -0.2) is 39.4 Å². The van der Waals surface area contributed by atoms with Crippen molar-refractivity contribution in [2.24, 2.45) is 0 Å². The van der Waals surface area contributed by atoms with Gasteiger partial charge in [0.15, 0.2) is 0 Å². The molecule has 5 nitrogen and oxygen atoms in total. The molecule has 0 bridgehead atoms. The highest BCUT2D eigenvalue weighted by molar-refractivity contribution is 8.26. The van der Waals surface area contributed by atoms with E-state index in [0.29, 0.717) is 33.5 Å². The summed E-state index contributed by atoms with van der Waals surface area (Å²) in [5, 5.41) is 10.4. The lowest BCUT2D eigenvalue weighted by molar-refractivity contribution is -0.143. The second-order valence-corrected chi connectivity index (χ2v) is 11.0. The molecule has 0 unspecified atom stereocenters. The Morgan fingerprint density at radius 2 is 1.60 bits per heavy atom. The Morgan fingerprint density at radius 1 is 0.975 bits per heavy atom. The quantitative estimate of drug-likeness (QED) is 0.120. The predicted molar refractivity (Wildman–Crippen MR) is 143 cm³/mol. The summed E-state index contributed by atoms with van der Waals surface area (Å²) >= 11 is 7.39. The van der Waals surface area contributed by atoms with Gasteiger partial charge < -0.3 is 9.84 Å². The van der Waals surface area contributed by atoms with Crippen LogP contribution < -0.4 is 4.74 Å². The van der Waals surface area contributed by atoms with Crippen molar-refractivity contribution in [2.75, 3.05) is 13.2 Å². The lowest BCUT2D eigenvalue weighted by Crippen LogP contribution is -2.29.